The Morgan fingerprint density at radius 2 is 1.81 bits per heavy atom. The molecule has 0 aliphatic heterocycles. The molecule has 0 heterocycles. The van der Waals surface area contributed by atoms with Crippen LogP contribution in [0.2, 0.25) is 0 Å². The molecule has 27 heavy (non-hydrogen) atoms. The van der Waals surface area contributed by atoms with Gasteiger partial charge in [-0.3, -0.25) is 9.59 Å². The number of carbonyl (C=O) groups is 2. The van der Waals surface area contributed by atoms with Gasteiger partial charge in [-0.05, 0) is 42.8 Å². The van der Waals surface area contributed by atoms with Gasteiger partial charge in [0.2, 0.25) is 5.91 Å². The smallest absolute Gasteiger partial charge is 0.230 e. The summed E-state index contributed by atoms with van der Waals surface area (Å²) >= 11 is 1.50. The number of methoxy groups -OCH3 is 1. The second-order valence-corrected chi connectivity index (χ2v) is 7.40. The molecule has 6 heteroatoms. The van der Waals surface area contributed by atoms with Gasteiger partial charge < -0.3 is 15.0 Å². The van der Waals surface area contributed by atoms with E-state index in [9.17, 15) is 9.59 Å². The lowest BCUT2D eigenvalue weighted by Crippen LogP contribution is -2.24. The Hall–Kier alpha value is -2.47. The van der Waals surface area contributed by atoms with Gasteiger partial charge in [-0.1, -0.05) is 12.1 Å². The van der Waals surface area contributed by atoms with Gasteiger partial charge in [0, 0.05) is 43.2 Å². The number of carbonyl (C=O) groups excluding carboxylic acids is 2. The van der Waals surface area contributed by atoms with Gasteiger partial charge in [0.1, 0.15) is 5.75 Å². The normalized spacial score (nSPS) is 10.4. The zero-order valence-electron chi connectivity index (χ0n) is 16.2. The van der Waals surface area contributed by atoms with E-state index in [2.05, 4.69) is 5.32 Å². The summed E-state index contributed by atoms with van der Waals surface area (Å²) in [6.07, 6.45) is 0. The largest absolute Gasteiger partial charge is 0.496 e. The predicted molar refractivity (Wildman–Crippen MR) is 112 cm³/mol. The van der Waals surface area contributed by atoms with Gasteiger partial charge in [0.25, 0.3) is 0 Å². The molecule has 0 unspecified atom stereocenters. The Kier molecular flexibility index (Phi) is 7.73. The standard InChI is InChI=1S/C21H26N2O3S/c1-15(24)17-7-10-20(26-4)18(11-17)13-27-14-21(25)22-12-16-5-8-19(9-6-16)23(2)3/h5-11H,12-14H2,1-4H3,(H,22,25). The van der Waals surface area contributed by atoms with Crippen molar-refractivity contribution in [3.63, 3.8) is 0 Å². The Labute approximate surface area is 165 Å². The fourth-order valence-corrected chi connectivity index (χ4v) is 3.36. The van der Waals surface area contributed by atoms with Crippen LogP contribution in [0.25, 0.3) is 0 Å². The average Bonchev–Trinajstić information content (AvgIpc) is 2.66. The van der Waals surface area contributed by atoms with Crippen molar-refractivity contribution in [1.82, 2.24) is 5.32 Å². The molecular formula is C21H26N2O3S. The average molecular weight is 387 g/mol. The fraction of sp³-hybridized carbons (Fsp3) is 0.333. The van der Waals surface area contributed by atoms with E-state index in [0.29, 0.717) is 23.6 Å². The molecule has 0 aliphatic rings. The van der Waals surface area contributed by atoms with E-state index in [-0.39, 0.29) is 11.7 Å². The topological polar surface area (TPSA) is 58.6 Å². The maximum atomic E-state index is 12.1. The summed E-state index contributed by atoms with van der Waals surface area (Å²) in [7, 11) is 5.59. The van der Waals surface area contributed by atoms with E-state index >= 15 is 0 Å². The lowest BCUT2D eigenvalue weighted by atomic mass is 10.1. The number of hydrogen-bond acceptors (Lipinski definition) is 5. The summed E-state index contributed by atoms with van der Waals surface area (Å²) in [6, 6.07) is 13.5. The van der Waals surface area contributed by atoms with Crippen molar-refractivity contribution in [2.45, 2.75) is 19.2 Å². The van der Waals surface area contributed by atoms with Gasteiger partial charge in [-0.25, -0.2) is 0 Å². The first-order chi connectivity index (χ1) is 12.9. The third-order valence-electron chi connectivity index (χ3n) is 4.12. The summed E-state index contributed by atoms with van der Waals surface area (Å²) in [5.41, 5.74) is 3.76. The highest BCUT2D eigenvalue weighted by Crippen LogP contribution is 2.24. The molecule has 2 aromatic carbocycles. The van der Waals surface area contributed by atoms with E-state index < -0.39 is 0 Å². The van der Waals surface area contributed by atoms with Gasteiger partial charge in [-0.15, -0.1) is 11.8 Å². The molecule has 2 aromatic rings. The van der Waals surface area contributed by atoms with Crippen molar-refractivity contribution < 1.29 is 14.3 Å². The third kappa shape index (κ3) is 6.32. The molecule has 0 radical (unpaired) electrons. The number of rotatable bonds is 9. The van der Waals surface area contributed by atoms with Crippen LogP contribution in [0.1, 0.15) is 28.4 Å². The van der Waals surface area contributed by atoms with Crippen LogP contribution in [-0.4, -0.2) is 38.6 Å². The number of anilines is 1. The molecule has 0 atom stereocenters. The number of nitrogens with one attached hydrogen (secondary N) is 1. The van der Waals surface area contributed by atoms with E-state index in [0.717, 1.165) is 22.6 Å². The molecule has 1 N–H and O–H groups in total. The first kappa shape index (κ1) is 20.8. The first-order valence-electron chi connectivity index (χ1n) is 8.69. The van der Waals surface area contributed by atoms with Gasteiger partial charge in [0.15, 0.2) is 5.78 Å². The van der Waals surface area contributed by atoms with Crippen LogP contribution in [0, 0.1) is 0 Å². The zero-order chi connectivity index (χ0) is 19.8. The Balaban J connectivity index is 1.82. The van der Waals surface area contributed by atoms with E-state index in [1.54, 1.807) is 19.2 Å². The fourth-order valence-electron chi connectivity index (χ4n) is 2.53. The number of Topliss-reactive ketones (excluding diaryl/α,β-unsaturated/α-hetero) is 1. The van der Waals surface area contributed by atoms with Crippen LogP contribution in [0.3, 0.4) is 0 Å². The molecule has 0 fully saturated rings. The van der Waals surface area contributed by atoms with Crippen LogP contribution >= 0.6 is 11.8 Å². The number of hydrogen-bond donors (Lipinski definition) is 1. The van der Waals surface area contributed by atoms with Crippen LogP contribution in [0.15, 0.2) is 42.5 Å². The number of thioether (sulfide) groups is 1. The maximum Gasteiger partial charge on any atom is 0.230 e. The second kappa shape index (κ2) is 10.0. The quantitative estimate of drug-likeness (QED) is 0.668. The van der Waals surface area contributed by atoms with E-state index in [4.69, 9.17) is 4.74 Å². The second-order valence-electron chi connectivity index (χ2n) is 6.41. The zero-order valence-corrected chi connectivity index (χ0v) is 17.1. The van der Waals surface area contributed by atoms with Crippen molar-refractivity contribution in [3.05, 3.63) is 59.2 Å². The molecule has 144 valence electrons. The summed E-state index contributed by atoms with van der Waals surface area (Å²) in [6.45, 7) is 2.05. The van der Waals surface area contributed by atoms with Crippen LogP contribution in [0.5, 0.6) is 5.75 Å². The highest BCUT2D eigenvalue weighted by atomic mass is 32.2. The van der Waals surface area contributed by atoms with Gasteiger partial charge >= 0.3 is 0 Å². The number of ketones is 1. The highest BCUT2D eigenvalue weighted by Gasteiger charge is 2.09. The summed E-state index contributed by atoms with van der Waals surface area (Å²) in [4.78, 5) is 25.7. The Bertz CT molecular complexity index is 789. The number of amides is 1. The lowest BCUT2D eigenvalue weighted by molar-refractivity contribution is -0.118. The predicted octanol–water partition coefficient (Wildman–Crippen LogP) is 3.51. The minimum absolute atomic E-state index is 0.0154. The molecule has 0 saturated heterocycles. The lowest BCUT2D eigenvalue weighted by Gasteiger charge is -2.13. The molecule has 5 nitrogen and oxygen atoms in total. The van der Waals surface area contributed by atoms with Gasteiger partial charge in [0.05, 0.1) is 12.9 Å². The summed E-state index contributed by atoms with van der Waals surface area (Å²) < 4.78 is 5.34. The number of nitrogens with zero attached hydrogens (tertiary/aromatic N) is 1. The van der Waals surface area contributed by atoms with Crippen molar-refractivity contribution in [2.75, 3.05) is 31.9 Å². The Morgan fingerprint density at radius 3 is 2.41 bits per heavy atom. The minimum atomic E-state index is -0.0154. The summed E-state index contributed by atoms with van der Waals surface area (Å²) in [5, 5.41) is 2.93. The minimum Gasteiger partial charge on any atom is -0.496 e. The third-order valence-corrected chi connectivity index (χ3v) is 5.10. The number of benzene rings is 2. The van der Waals surface area contributed by atoms with Crippen molar-refractivity contribution in [1.29, 1.82) is 0 Å². The molecule has 0 aliphatic carbocycles. The SMILES string of the molecule is COc1ccc(C(C)=O)cc1CSCC(=O)NCc1ccc(N(C)C)cc1. The first-order valence-corrected chi connectivity index (χ1v) is 9.84. The summed E-state index contributed by atoms with van der Waals surface area (Å²) in [5.74, 6) is 1.69. The molecule has 0 bridgehead atoms. The van der Waals surface area contributed by atoms with Crippen molar-refractivity contribution in [3.8, 4) is 5.75 Å². The maximum absolute atomic E-state index is 12.1. The Morgan fingerprint density at radius 1 is 1.11 bits per heavy atom. The number of ether oxygens (including phenoxy) is 1. The molecule has 2 rings (SSSR count). The van der Waals surface area contributed by atoms with E-state index in [1.807, 2.05) is 49.3 Å². The monoisotopic (exact) mass is 386 g/mol. The molecule has 0 saturated carbocycles. The van der Waals surface area contributed by atoms with Crippen LogP contribution in [-0.2, 0) is 17.1 Å². The molecular weight excluding hydrogens is 360 g/mol. The van der Waals surface area contributed by atoms with E-state index in [1.165, 1.54) is 18.7 Å². The molecule has 0 spiro atoms. The molecule has 0 aromatic heterocycles. The van der Waals surface area contributed by atoms with Crippen molar-refractivity contribution in [2.24, 2.45) is 0 Å². The van der Waals surface area contributed by atoms with Crippen molar-refractivity contribution >= 4 is 29.1 Å². The van der Waals surface area contributed by atoms with Crippen LogP contribution in [0.4, 0.5) is 5.69 Å². The molecule has 1 amide bonds. The van der Waals surface area contributed by atoms with Crippen LogP contribution < -0.4 is 15.0 Å². The van der Waals surface area contributed by atoms with Gasteiger partial charge in [-0.2, -0.15) is 0 Å². The highest BCUT2D eigenvalue weighted by molar-refractivity contribution is 7.99.